The maximum atomic E-state index is 13.9. The van der Waals surface area contributed by atoms with E-state index in [1.165, 1.54) is 25.2 Å². The van der Waals surface area contributed by atoms with Gasteiger partial charge in [0.2, 0.25) is 17.7 Å². The molecule has 2 saturated heterocycles. The highest BCUT2D eigenvalue weighted by atomic mass is 35.5. The SMILES string of the molecule is CN1C(=O)C[C@](CC(=O)N2CCN(c3ccc(Cl)cn3)CC2)(c2cccc(F)c2)C1=O. The van der Waals surface area contributed by atoms with Crippen molar-refractivity contribution in [3.05, 3.63) is 59.0 Å². The molecular formula is C22H22ClFN4O3. The summed E-state index contributed by atoms with van der Waals surface area (Å²) >= 11 is 5.89. The number of likely N-dealkylation sites (N-methyl/N-ethyl adjacent to an activating group) is 1. The molecule has 0 bridgehead atoms. The van der Waals surface area contributed by atoms with E-state index < -0.39 is 17.1 Å². The van der Waals surface area contributed by atoms with Crippen LogP contribution < -0.4 is 4.90 Å². The van der Waals surface area contributed by atoms with Gasteiger partial charge >= 0.3 is 0 Å². The van der Waals surface area contributed by atoms with Crippen molar-refractivity contribution in [3.8, 4) is 0 Å². The molecule has 2 fully saturated rings. The highest BCUT2D eigenvalue weighted by molar-refractivity contribution is 6.30. The van der Waals surface area contributed by atoms with E-state index in [1.54, 1.807) is 23.2 Å². The van der Waals surface area contributed by atoms with Crippen LogP contribution in [0.5, 0.6) is 0 Å². The number of hydrogen-bond donors (Lipinski definition) is 0. The summed E-state index contributed by atoms with van der Waals surface area (Å²) in [5, 5.41) is 0.556. The number of aromatic nitrogens is 1. The number of likely N-dealkylation sites (tertiary alicyclic amines) is 1. The molecule has 0 radical (unpaired) electrons. The number of carbonyl (C=O) groups is 3. The van der Waals surface area contributed by atoms with Crippen LogP contribution in [-0.2, 0) is 19.8 Å². The van der Waals surface area contributed by atoms with Crippen molar-refractivity contribution < 1.29 is 18.8 Å². The predicted molar refractivity (Wildman–Crippen MR) is 113 cm³/mol. The third-order valence-corrected chi connectivity index (χ3v) is 6.26. The standard InChI is InChI=1S/C22H22ClFN4O3/c1-26-19(29)12-22(21(26)31,15-3-2-4-17(24)11-15)13-20(30)28-9-7-27(8-10-28)18-6-5-16(23)14-25-18/h2-6,11,14H,7-10,12-13H2,1H3/t22-/m0/s1. The minimum atomic E-state index is -1.38. The fraction of sp³-hybridized carbons (Fsp3) is 0.364. The molecule has 2 aliphatic heterocycles. The van der Waals surface area contributed by atoms with Gasteiger partial charge in [-0.15, -0.1) is 0 Å². The lowest BCUT2D eigenvalue weighted by Crippen LogP contribution is -2.51. The first-order valence-electron chi connectivity index (χ1n) is 10.0. The maximum absolute atomic E-state index is 13.9. The van der Waals surface area contributed by atoms with Crippen molar-refractivity contribution >= 4 is 35.1 Å². The van der Waals surface area contributed by atoms with E-state index in [-0.39, 0.29) is 24.7 Å². The van der Waals surface area contributed by atoms with E-state index in [9.17, 15) is 18.8 Å². The van der Waals surface area contributed by atoms with E-state index in [0.717, 1.165) is 10.7 Å². The van der Waals surface area contributed by atoms with E-state index in [1.807, 2.05) is 6.07 Å². The number of benzene rings is 1. The van der Waals surface area contributed by atoms with Gasteiger partial charge in [-0.05, 0) is 29.8 Å². The van der Waals surface area contributed by atoms with E-state index in [4.69, 9.17) is 11.6 Å². The van der Waals surface area contributed by atoms with Crippen LogP contribution in [0, 0.1) is 5.82 Å². The van der Waals surface area contributed by atoms with Crippen LogP contribution in [-0.4, -0.2) is 65.7 Å². The first kappa shape index (κ1) is 21.2. The molecule has 0 unspecified atom stereocenters. The number of halogens is 2. The van der Waals surface area contributed by atoms with Crippen molar-refractivity contribution in [1.29, 1.82) is 0 Å². The summed E-state index contributed by atoms with van der Waals surface area (Å²) in [5.41, 5.74) is -1.02. The number of rotatable bonds is 4. The quantitative estimate of drug-likeness (QED) is 0.676. The first-order chi connectivity index (χ1) is 14.8. The van der Waals surface area contributed by atoms with Crippen LogP contribution in [0.3, 0.4) is 0 Å². The van der Waals surface area contributed by atoms with Gasteiger partial charge in [-0.25, -0.2) is 9.37 Å². The number of hydrogen-bond acceptors (Lipinski definition) is 5. The Labute approximate surface area is 184 Å². The topological polar surface area (TPSA) is 73.8 Å². The van der Waals surface area contributed by atoms with E-state index >= 15 is 0 Å². The summed E-state index contributed by atoms with van der Waals surface area (Å²) in [4.78, 5) is 47.6. The summed E-state index contributed by atoms with van der Waals surface area (Å²) in [6, 6.07) is 9.20. The second kappa shape index (κ2) is 8.26. The normalized spacial score (nSPS) is 21.7. The Bertz CT molecular complexity index is 1020. The Morgan fingerprint density at radius 3 is 2.48 bits per heavy atom. The van der Waals surface area contributed by atoms with Gasteiger partial charge in [0.15, 0.2) is 0 Å². The molecule has 0 saturated carbocycles. The third kappa shape index (κ3) is 3.99. The molecule has 0 aliphatic carbocycles. The molecule has 7 nitrogen and oxygen atoms in total. The highest BCUT2D eigenvalue weighted by Gasteiger charge is 2.53. The van der Waals surface area contributed by atoms with Crippen molar-refractivity contribution in [2.45, 2.75) is 18.3 Å². The average molecular weight is 445 g/mol. The predicted octanol–water partition coefficient (Wildman–Crippen LogP) is 2.24. The number of piperazine rings is 1. The van der Waals surface area contributed by atoms with Gasteiger partial charge in [0.1, 0.15) is 11.6 Å². The number of amides is 3. The van der Waals surface area contributed by atoms with E-state index in [2.05, 4.69) is 9.88 Å². The third-order valence-electron chi connectivity index (χ3n) is 6.04. The Hall–Kier alpha value is -3.00. The van der Waals surface area contributed by atoms with Gasteiger partial charge in [0.25, 0.3) is 0 Å². The molecule has 31 heavy (non-hydrogen) atoms. The van der Waals surface area contributed by atoms with Crippen LogP contribution in [0.1, 0.15) is 18.4 Å². The molecule has 2 aromatic rings. The fourth-order valence-corrected chi connectivity index (χ4v) is 4.36. The van der Waals surface area contributed by atoms with Crippen LogP contribution in [0.15, 0.2) is 42.6 Å². The average Bonchev–Trinajstić information content (AvgIpc) is 2.99. The van der Waals surface area contributed by atoms with Gasteiger partial charge in [-0.3, -0.25) is 19.3 Å². The van der Waals surface area contributed by atoms with Crippen molar-refractivity contribution in [1.82, 2.24) is 14.8 Å². The number of imide groups is 1. The van der Waals surface area contributed by atoms with Gasteiger partial charge in [0.05, 0.1) is 10.4 Å². The zero-order valence-corrected chi connectivity index (χ0v) is 17.8. The molecule has 3 amide bonds. The minimum absolute atomic E-state index is 0.147. The molecule has 1 aromatic carbocycles. The van der Waals surface area contributed by atoms with Crippen LogP contribution in [0.2, 0.25) is 5.02 Å². The van der Waals surface area contributed by atoms with Crippen LogP contribution in [0.25, 0.3) is 0 Å². The number of nitrogens with zero attached hydrogens (tertiary/aromatic N) is 4. The summed E-state index contributed by atoms with van der Waals surface area (Å²) in [6.45, 7) is 2.08. The molecule has 1 atom stereocenters. The Morgan fingerprint density at radius 2 is 1.90 bits per heavy atom. The second-order valence-electron chi connectivity index (χ2n) is 7.91. The molecule has 162 valence electrons. The molecule has 9 heteroatoms. The van der Waals surface area contributed by atoms with Gasteiger partial charge in [0, 0.05) is 52.3 Å². The lowest BCUT2D eigenvalue weighted by atomic mass is 9.75. The summed E-state index contributed by atoms with van der Waals surface area (Å²) in [7, 11) is 1.40. The van der Waals surface area contributed by atoms with Crippen LogP contribution in [0.4, 0.5) is 10.2 Å². The van der Waals surface area contributed by atoms with Gasteiger partial charge in [-0.1, -0.05) is 23.7 Å². The highest BCUT2D eigenvalue weighted by Crippen LogP contribution is 2.40. The van der Waals surface area contributed by atoms with Gasteiger partial charge in [-0.2, -0.15) is 0 Å². The molecule has 0 spiro atoms. The summed E-state index contributed by atoms with van der Waals surface area (Å²) in [5.74, 6) is -0.806. The summed E-state index contributed by atoms with van der Waals surface area (Å²) in [6.07, 6.45) is 1.26. The largest absolute Gasteiger partial charge is 0.353 e. The van der Waals surface area contributed by atoms with Gasteiger partial charge < -0.3 is 9.80 Å². The molecule has 1 aromatic heterocycles. The zero-order valence-electron chi connectivity index (χ0n) is 17.1. The molecule has 4 rings (SSSR count). The smallest absolute Gasteiger partial charge is 0.240 e. The van der Waals surface area contributed by atoms with Crippen molar-refractivity contribution in [2.24, 2.45) is 0 Å². The second-order valence-corrected chi connectivity index (χ2v) is 8.34. The molecular weight excluding hydrogens is 423 g/mol. The number of pyridine rings is 1. The number of carbonyl (C=O) groups excluding carboxylic acids is 3. The zero-order chi connectivity index (χ0) is 22.2. The number of anilines is 1. The Balaban J connectivity index is 1.51. The van der Waals surface area contributed by atoms with Crippen molar-refractivity contribution in [3.63, 3.8) is 0 Å². The molecule has 2 aliphatic rings. The minimum Gasteiger partial charge on any atom is -0.353 e. The van der Waals surface area contributed by atoms with E-state index in [0.29, 0.717) is 36.8 Å². The van der Waals surface area contributed by atoms with Crippen molar-refractivity contribution in [2.75, 3.05) is 38.1 Å². The molecule has 0 N–H and O–H groups in total. The monoisotopic (exact) mass is 444 g/mol. The Kier molecular flexibility index (Phi) is 5.66. The first-order valence-corrected chi connectivity index (χ1v) is 10.4. The maximum Gasteiger partial charge on any atom is 0.240 e. The lowest BCUT2D eigenvalue weighted by Gasteiger charge is -2.37. The molecule has 3 heterocycles. The lowest BCUT2D eigenvalue weighted by molar-refractivity contribution is -0.141. The Morgan fingerprint density at radius 1 is 1.16 bits per heavy atom. The van der Waals surface area contributed by atoms with Crippen LogP contribution >= 0.6 is 11.6 Å². The summed E-state index contributed by atoms with van der Waals surface area (Å²) < 4.78 is 13.9. The fourth-order valence-electron chi connectivity index (χ4n) is 4.25.